The molecule has 4 aromatic heterocycles. The zero-order valence-corrected chi connectivity index (χ0v) is 22.4. The third-order valence-electron chi connectivity index (χ3n) is 7.52. The first kappa shape index (κ1) is 25.3. The highest BCUT2D eigenvalue weighted by atomic mass is 32.2. The Bertz CT molecular complexity index is 1660. The molecule has 2 unspecified atom stereocenters. The van der Waals surface area contributed by atoms with E-state index in [9.17, 15) is 18.3 Å². The first-order chi connectivity index (χ1) is 18.4. The zero-order chi connectivity index (χ0) is 27.7. The normalized spacial score (nSPS) is 21.5. The molecule has 4 aromatic rings. The van der Waals surface area contributed by atoms with Gasteiger partial charge in [-0.3, -0.25) is 9.89 Å². The van der Waals surface area contributed by atoms with Crippen molar-refractivity contribution in [1.82, 2.24) is 44.6 Å². The van der Waals surface area contributed by atoms with Crippen LogP contribution in [0.15, 0.2) is 29.8 Å². The summed E-state index contributed by atoms with van der Waals surface area (Å²) in [4.78, 5) is 32.3. The molecule has 2 bridgehead atoms. The zero-order valence-electron chi connectivity index (χ0n) is 21.6. The average molecular weight is 553 g/mol. The van der Waals surface area contributed by atoms with Crippen LogP contribution in [0.5, 0.6) is 0 Å². The summed E-state index contributed by atoms with van der Waals surface area (Å²) in [6.45, 7) is 3.19. The second-order valence-electron chi connectivity index (χ2n) is 10.7. The number of fused-ring (bicyclic) bond motifs is 3. The number of nitrogen functional groups attached to an aromatic ring is 1. The van der Waals surface area contributed by atoms with E-state index in [1.807, 2.05) is 4.90 Å². The number of nitrogens with one attached hydrogen (secondary N) is 1. The molecule has 2 fully saturated rings. The number of H-pyrrole nitrogens is 1. The molecule has 4 N–H and O–H groups in total. The van der Waals surface area contributed by atoms with Crippen molar-refractivity contribution in [2.24, 2.45) is 0 Å². The van der Waals surface area contributed by atoms with Gasteiger partial charge in [-0.2, -0.15) is 14.7 Å². The molecule has 204 valence electrons. The summed E-state index contributed by atoms with van der Waals surface area (Å²) in [6, 6.07) is -0.185. The number of amides is 1. The van der Waals surface area contributed by atoms with Gasteiger partial charge >= 0.3 is 0 Å². The van der Waals surface area contributed by atoms with Crippen LogP contribution in [0, 0.1) is 0 Å². The van der Waals surface area contributed by atoms with Crippen LogP contribution in [-0.4, -0.2) is 82.4 Å². The number of nitrogens with zero attached hydrogens (tertiary/aromatic N) is 8. The lowest BCUT2D eigenvalue weighted by molar-refractivity contribution is 0.0556. The minimum Gasteiger partial charge on any atom is -0.382 e. The number of carbonyl (C=O) groups excluding carboxylic acids is 1. The minimum atomic E-state index is -3.77. The molecular formula is C24H28N10O4S. The van der Waals surface area contributed by atoms with Crippen LogP contribution >= 0.6 is 0 Å². The van der Waals surface area contributed by atoms with Gasteiger partial charge in [-0.25, -0.2) is 28.4 Å². The van der Waals surface area contributed by atoms with Gasteiger partial charge in [-0.15, -0.1) is 0 Å². The monoisotopic (exact) mass is 552 g/mol. The number of hydrogen-bond acceptors (Lipinski definition) is 11. The van der Waals surface area contributed by atoms with Gasteiger partial charge in [0.15, 0.2) is 21.3 Å². The van der Waals surface area contributed by atoms with E-state index in [1.54, 1.807) is 32.4 Å². The summed E-state index contributed by atoms with van der Waals surface area (Å²) in [7, 11) is -3.77. The predicted octanol–water partition coefficient (Wildman–Crippen LogP) is 1.07. The topological polar surface area (TPSA) is 198 Å². The standard InChI is InChI=1S/C24H28N10O4S/c1-24(2,36)23-26-8-13(9-27-23)16-10-30-34-19(25)18(39(3,37)38)17(31-21(16)34)12-6-14-4-5-15(7-12)33(14)22(35)20-28-11-29-32-20/h8-12,14-15,36H,4-7,25H2,1-3H3,(H,28,29,32). The molecule has 6 heterocycles. The number of carbonyl (C=O) groups is 1. The lowest BCUT2D eigenvalue weighted by atomic mass is 9.87. The third-order valence-corrected chi connectivity index (χ3v) is 8.68. The number of aromatic amines is 1. The quantitative estimate of drug-likeness (QED) is 0.320. The molecule has 0 aliphatic carbocycles. The molecule has 2 aliphatic rings. The van der Waals surface area contributed by atoms with Gasteiger partial charge in [0.2, 0.25) is 5.82 Å². The van der Waals surface area contributed by atoms with Gasteiger partial charge in [0, 0.05) is 47.8 Å². The third kappa shape index (κ3) is 4.21. The van der Waals surface area contributed by atoms with Gasteiger partial charge in [-0.1, -0.05) is 0 Å². The molecule has 6 rings (SSSR count). The molecule has 14 nitrogen and oxygen atoms in total. The summed E-state index contributed by atoms with van der Waals surface area (Å²) in [6.07, 6.45) is 9.75. The first-order valence-corrected chi connectivity index (χ1v) is 14.4. The van der Waals surface area contributed by atoms with Gasteiger partial charge in [0.25, 0.3) is 5.91 Å². The Kier molecular flexibility index (Phi) is 5.69. The maximum Gasteiger partial charge on any atom is 0.291 e. The molecule has 15 heteroatoms. The Morgan fingerprint density at radius 1 is 1.13 bits per heavy atom. The SMILES string of the molecule is CC(C)(O)c1ncc(-c2cnn3c(N)c(S(C)(=O)=O)c(C4CC5CCC(C4)N5C(=O)c4ncn[nH]4)nc23)cn1. The van der Waals surface area contributed by atoms with E-state index in [0.717, 1.165) is 19.1 Å². The van der Waals surface area contributed by atoms with Gasteiger partial charge in [0.05, 0.1) is 11.9 Å². The van der Waals surface area contributed by atoms with Crippen molar-refractivity contribution in [3.05, 3.63) is 42.3 Å². The summed E-state index contributed by atoms with van der Waals surface area (Å²) in [5.41, 5.74) is 7.16. The lowest BCUT2D eigenvalue weighted by Crippen LogP contribution is -2.46. The van der Waals surface area contributed by atoms with Crippen molar-refractivity contribution < 1.29 is 18.3 Å². The summed E-state index contributed by atoms with van der Waals surface area (Å²) in [5.74, 6) is -0.0255. The van der Waals surface area contributed by atoms with Crippen LogP contribution in [0.25, 0.3) is 16.8 Å². The Balaban J connectivity index is 1.42. The van der Waals surface area contributed by atoms with Crippen molar-refractivity contribution in [3.63, 3.8) is 0 Å². The molecule has 2 aliphatic heterocycles. The maximum absolute atomic E-state index is 13.1. The molecule has 0 aromatic carbocycles. The van der Waals surface area contributed by atoms with E-state index >= 15 is 0 Å². The van der Waals surface area contributed by atoms with E-state index in [0.29, 0.717) is 35.3 Å². The van der Waals surface area contributed by atoms with E-state index in [-0.39, 0.29) is 46.3 Å². The van der Waals surface area contributed by atoms with Crippen LogP contribution in [-0.2, 0) is 15.4 Å². The number of piperidine rings is 1. The van der Waals surface area contributed by atoms with Gasteiger partial charge in [0.1, 0.15) is 22.6 Å². The molecule has 2 saturated heterocycles. The fourth-order valence-corrected chi connectivity index (χ4v) is 6.88. The second-order valence-corrected chi connectivity index (χ2v) is 12.7. The van der Waals surface area contributed by atoms with Gasteiger partial charge < -0.3 is 15.7 Å². The maximum atomic E-state index is 13.1. The Hall–Kier alpha value is -3.98. The molecule has 1 amide bonds. The van der Waals surface area contributed by atoms with E-state index in [2.05, 4.69) is 30.2 Å². The Morgan fingerprint density at radius 3 is 2.36 bits per heavy atom. The number of sulfone groups is 1. The highest BCUT2D eigenvalue weighted by molar-refractivity contribution is 7.91. The van der Waals surface area contributed by atoms with Crippen LogP contribution in [0.4, 0.5) is 5.82 Å². The van der Waals surface area contributed by atoms with Crippen molar-refractivity contribution in [2.45, 2.75) is 68.0 Å². The number of aliphatic hydroxyl groups is 1. The van der Waals surface area contributed by atoms with E-state index < -0.39 is 15.4 Å². The summed E-state index contributed by atoms with van der Waals surface area (Å²) in [5, 5.41) is 21.0. The number of nitrogens with two attached hydrogens (primary N) is 1. The summed E-state index contributed by atoms with van der Waals surface area (Å²) < 4.78 is 27.3. The second kappa shape index (κ2) is 8.77. The van der Waals surface area contributed by atoms with Crippen LogP contribution in [0.2, 0.25) is 0 Å². The van der Waals surface area contributed by atoms with Crippen molar-refractivity contribution >= 4 is 27.2 Å². The first-order valence-electron chi connectivity index (χ1n) is 12.5. The Morgan fingerprint density at radius 2 is 1.79 bits per heavy atom. The summed E-state index contributed by atoms with van der Waals surface area (Å²) >= 11 is 0. The van der Waals surface area contributed by atoms with Crippen molar-refractivity contribution in [3.8, 4) is 11.1 Å². The molecule has 0 spiro atoms. The largest absolute Gasteiger partial charge is 0.382 e. The Labute approximate surface area is 223 Å². The highest BCUT2D eigenvalue weighted by Gasteiger charge is 2.46. The highest BCUT2D eigenvalue weighted by Crippen LogP contribution is 2.45. The number of anilines is 1. The number of hydrogen-bond donors (Lipinski definition) is 3. The number of aromatic nitrogens is 8. The van der Waals surface area contributed by atoms with Crippen LogP contribution < -0.4 is 5.73 Å². The van der Waals surface area contributed by atoms with Gasteiger partial charge in [-0.05, 0) is 39.5 Å². The smallest absolute Gasteiger partial charge is 0.291 e. The fourth-order valence-electron chi connectivity index (χ4n) is 5.82. The molecule has 0 saturated carbocycles. The van der Waals surface area contributed by atoms with Crippen molar-refractivity contribution in [2.75, 3.05) is 12.0 Å². The molecule has 0 radical (unpaired) electrons. The molecule has 39 heavy (non-hydrogen) atoms. The molecular weight excluding hydrogens is 524 g/mol. The average Bonchev–Trinajstić information content (AvgIpc) is 3.61. The number of rotatable bonds is 5. The fraction of sp³-hybridized carbons (Fsp3) is 0.458. The van der Waals surface area contributed by atoms with E-state index in [1.165, 1.54) is 10.8 Å². The lowest BCUT2D eigenvalue weighted by Gasteiger charge is -2.38. The molecule has 2 atom stereocenters. The predicted molar refractivity (Wildman–Crippen MR) is 138 cm³/mol. The van der Waals surface area contributed by atoms with Crippen LogP contribution in [0.3, 0.4) is 0 Å². The van der Waals surface area contributed by atoms with Crippen LogP contribution in [0.1, 0.15) is 67.6 Å². The van der Waals surface area contributed by atoms with E-state index in [4.69, 9.17) is 10.7 Å². The van der Waals surface area contributed by atoms with Crippen molar-refractivity contribution in [1.29, 1.82) is 0 Å². The minimum absolute atomic E-state index is 0.0229.